The van der Waals surface area contributed by atoms with Crippen molar-refractivity contribution in [2.24, 2.45) is 5.92 Å². The van der Waals surface area contributed by atoms with Crippen LogP contribution in [-0.4, -0.2) is 49.6 Å². The summed E-state index contributed by atoms with van der Waals surface area (Å²) in [6, 6.07) is 14.2. The highest BCUT2D eigenvalue weighted by Crippen LogP contribution is 2.41. The Hall–Kier alpha value is -2.86. The number of rotatable bonds is 8. The van der Waals surface area contributed by atoms with Gasteiger partial charge in [0.05, 0.1) is 12.6 Å². The molecule has 2 atom stereocenters. The molecule has 0 spiro atoms. The molecule has 2 unspecified atom stereocenters. The van der Waals surface area contributed by atoms with E-state index < -0.39 is 6.10 Å². The van der Waals surface area contributed by atoms with Gasteiger partial charge < -0.3 is 19.7 Å². The fraction of sp³-hybridized carbons (Fsp3) is 0.462. The van der Waals surface area contributed by atoms with Crippen LogP contribution < -0.4 is 10.1 Å². The highest BCUT2D eigenvalue weighted by molar-refractivity contribution is 5.82. The Kier molecular flexibility index (Phi) is 6.80. The number of carbonyl (C=O) groups excluding carboxylic acids is 2. The second-order valence-corrected chi connectivity index (χ2v) is 8.78. The number of methoxy groups -OCH3 is 1. The van der Waals surface area contributed by atoms with E-state index in [0.29, 0.717) is 18.9 Å². The Morgan fingerprint density at radius 1 is 1.19 bits per heavy atom. The average Bonchev–Trinajstić information content (AvgIpc) is 3.63. The first kappa shape index (κ1) is 22.3. The quantitative estimate of drug-likeness (QED) is 0.644. The molecule has 2 aromatic carbocycles. The number of nitrogens with one attached hydrogen (secondary N) is 1. The van der Waals surface area contributed by atoms with Crippen LogP contribution in [0.4, 0.5) is 0 Å². The third-order valence-electron chi connectivity index (χ3n) is 6.20. The highest BCUT2D eigenvalue weighted by atomic mass is 16.5. The van der Waals surface area contributed by atoms with Gasteiger partial charge in [-0.3, -0.25) is 9.59 Å². The minimum atomic E-state index is -0.630. The molecule has 2 amide bonds. The predicted molar refractivity (Wildman–Crippen MR) is 123 cm³/mol. The smallest absolute Gasteiger partial charge is 0.260 e. The molecule has 32 heavy (non-hydrogen) atoms. The molecular formula is C26H32N2O4. The Morgan fingerprint density at radius 2 is 2.00 bits per heavy atom. The summed E-state index contributed by atoms with van der Waals surface area (Å²) in [6.07, 6.45) is 2.17. The molecule has 1 aliphatic carbocycles. The number of nitrogens with zero attached hydrogens (tertiary/aromatic N) is 1. The first-order valence-corrected chi connectivity index (χ1v) is 11.4. The predicted octanol–water partition coefficient (Wildman–Crippen LogP) is 3.41. The van der Waals surface area contributed by atoms with Gasteiger partial charge in [-0.25, -0.2) is 0 Å². The van der Waals surface area contributed by atoms with Gasteiger partial charge in [-0.1, -0.05) is 35.9 Å². The third-order valence-corrected chi connectivity index (χ3v) is 6.20. The van der Waals surface area contributed by atoms with Gasteiger partial charge in [-0.15, -0.1) is 0 Å². The minimum absolute atomic E-state index is 0.138. The van der Waals surface area contributed by atoms with Crippen molar-refractivity contribution in [2.75, 3.05) is 26.8 Å². The third kappa shape index (κ3) is 4.96. The van der Waals surface area contributed by atoms with Crippen LogP contribution in [0.2, 0.25) is 0 Å². The summed E-state index contributed by atoms with van der Waals surface area (Å²) in [6.45, 7) is 5.44. The van der Waals surface area contributed by atoms with E-state index in [1.807, 2.05) is 23.1 Å². The zero-order valence-electron chi connectivity index (χ0n) is 19.1. The number of hydrogen-bond acceptors (Lipinski definition) is 4. The van der Waals surface area contributed by atoms with Gasteiger partial charge in [0, 0.05) is 26.1 Å². The molecule has 0 radical (unpaired) electrons. The number of ether oxygens (including phenoxy) is 2. The van der Waals surface area contributed by atoms with Crippen LogP contribution in [0.15, 0.2) is 42.5 Å². The number of hydrogen-bond donors (Lipinski definition) is 1. The molecule has 6 nitrogen and oxygen atoms in total. The maximum atomic E-state index is 13.1. The van der Waals surface area contributed by atoms with Crippen LogP contribution >= 0.6 is 0 Å². The Balaban J connectivity index is 1.61. The van der Waals surface area contributed by atoms with Gasteiger partial charge in [-0.05, 0) is 61.9 Å². The molecule has 1 saturated carbocycles. The zero-order valence-corrected chi connectivity index (χ0v) is 19.1. The van der Waals surface area contributed by atoms with Gasteiger partial charge in [0.1, 0.15) is 5.75 Å². The molecule has 0 aromatic heterocycles. The first-order valence-electron chi connectivity index (χ1n) is 11.4. The van der Waals surface area contributed by atoms with Crippen molar-refractivity contribution in [3.05, 3.63) is 64.7 Å². The topological polar surface area (TPSA) is 67.9 Å². The maximum Gasteiger partial charge on any atom is 0.260 e. The number of aryl methyl sites for hydroxylation is 1. The van der Waals surface area contributed by atoms with Crippen molar-refractivity contribution < 1.29 is 19.1 Å². The van der Waals surface area contributed by atoms with Crippen molar-refractivity contribution >= 4 is 11.8 Å². The van der Waals surface area contributed by atoms with E-state index in [0.717, 1.165) is 36.9 Å². The van der Waals surface area contributed by atoms with Crippen molar-refractivity contribution in [3.63, 3.8) is 0 Å². The lowest BCUT2D eigenvalue weighted by Gasteiger charge is -2.38. The van der Waals surface area contributed by atoms with E-state index in [2.05, 4.69) is 36.5 Å². The number of amides is 2. The van der Waals surface area contributed by atoms with Crippen molar-refractivity contribution in [2.45, 2.75) is 45.3 Å². The summed E-state index contributed by atoms with van der Waals surface area (Å²) in [5.74, 6) is 0.871. The maximum absolute atomic E-state index is 13.1. The van der Waals surface area contributed by atoms with Crippen molar-refractivity contribution in [1.29, 1.82) is 0 Å². The van der Waals surface area contributed by atoms with Crippen LogP contribution in [0.25, 0.3) is 0 Å². The van der Waals surface area contributed by atoms with Gasteiger partial charge in [0.25, 0.3) is 5.91 Å². The molecule has 2 aliphatic rings. The van der Waals surface area contributed by atoms with E-state index >= 15 is 0 Å². The summed E-state index contributed by atoms with van der Waals surface area (Å²) in [5.41, 5.74) is 4.59. The standard InChI is InChI=1S/C26H32N2O4/c1-17-5-4-6-21(15-17)24-23-16-22(32-18(2)25(29)27-12-14-31-3)10-9-19(23)11-13-28(24)26(30)20-7-8-20/h4-6,9-10,15-16,18,20,24H,7-8,11-14H2,1-3H3,(H,27,29). The molecule has 6 heteroatoms. The van der Waals surface area contributed by atoms with Gasteiger partial charge in [0.15, 0.2) is 6.10 Å². The van der Waals surface area contributed by atoms with Gasteiger partial charge >= 0.3 is 0 Å². The monoisotopic (exact) mass is 436 g/mol. The van der Waals surface area contributed by atoms with E-state index in [1.165, 1.54) is 11.1 Å². The normalized spacial score (nSPS) is 18.6. The first-order chi connectivity index (χ1) is 15.5. The lowest BCUT2D eigenvalue weighted by Crippen LogP contribution is -2.41. The molecule has 1 N–H and O–H groups in total. The Morgan fingerprint density at radius 3 is 2.72 bits per heavy atom. The molecule has 1 fully saturated rings. The molecule has 4 rings (SSSR count). The number of fused-ring (bicyclic) bond motifs is 1. The average molecular weight is 437 g/mol. The second-order valence-electron chi connectivity index (χ2n) is 8.78. The Bertz CT molecular complexity index is 986. The van der Waals surface area contributed by atoms with Crippen molar-refractivity contribution in [1.82, 2.24) is 10.2 Å². The molecule has 0 bridgehead atoms. The van der Waals surface area contributed by atoms with Crippen LogP contribution in [0, 0.1) is 12.8 Å². The lowest BCUT2D eigenvalue weighted by atomic mass is 9.87. The van der Waals surface area contributed by atoms with Crippen molar-refractivity contribution in [3.8, 4) is 5.75 Å². The summed E-state index contributed by atoms with van der Waals surface area (Å²) >= 11 is 0. The minimum Gasteiger partial charge on any atom is -0.481 e. The SMILES string of the molecule is COCCNC(=O)C(C)Oc1ccc2c(c1)C(c1cccc(C)c1)N(C(=O)C1CC1)CC2. The molecule has 1 heterocycles. The van der Waals surface area contributed by atoms with E-state index in [4.69, 9.17) is 9.47 Å². The van der Waals surface area contributed by atoms with Crippen LogP contribution in [-0.2, 0) is 20.7 Å². The summed E-state index contributed by atoms with van der Waals surface area (Å²) < 4.78 is 11.0. The number of carbonyl (C=O) groups is 2. The van der Waals surface area contributed by atoms with Crippen LogP contribution in [0.3, 0.4) is 0 Å². The van der Waals surface area contributed by atoms with Gasteiger partial charge in [-0.2, -0.15) is 0 Å². The highest BCUT2D eigenvalue weighted by Gasteiger charge is 2.39. The van der Waals surface area contributed by atoms with Gasteiger partial charge in [0.2, 0.25) is 5.91 Å². The summed E-state index contributed by atoms with van der Waals surface area (Å²) in [5, 5.41) is 2.81. The van der Waals surface area contributed by atoms with Crippen LogP contribution in [0.5, 0.6) is 5.75 Å². The largest absolute Gasteiger partial charge is 0.481 e. The molecular weight excluding hydrogens is 404 g/mol. The Labute approximate surface area is 189 Å². The van der Waals surface area contributed by atoms with E-state index in [1.54, 1.807) is 14.0 Å². The fourth-order valence-corrected chi connectivity index (χ4v) is 4.35. The fourth-order valence-electron chi connectivity index (χ4n) is 4.35. The molecule has 2 aromatic rings. The van der Waals surface area contributed by atoms with E-state index in [-0.39, 0.29) is 23.8 Å². The zero-order chi connectivity index (χ0) is 22.7. The lowest BCUT2D eigenvalue weighted by molar-refractivity contribution is -0.134. The summed E-state index contributed by atoms with van der Waals surface area (Å²) in [4.78, 5) is 27.5. The molecule has 0 saturated heterocycles. The summed E-state index contributed by atoms with van der Waals surface area (Å²) in [7, 11) is 1.60. The van der Waals surface area contributed by atoms with E-state index in [9.17, 15) is 9.59 Å². The van der Waals surface area contributed by atoms with Crippen LogP contribution in [0.1, 0.15) is 48.1 Å². The second kappa shape index (κ2) is 9.74. The number of benzene rings is 2. The molecule has 170 valence electrons. The molecule has 1 aliphatic heterocycles.